The summed E-state index contributed by atoms with van der Waals surface area (Å²) in [5.74, 6) is 0.750. The summed E-state index contributed by atoms with van der Waals surface area (Å²) in [6, 6.07) is 26.0. The number of aryl methyl sites for hydroxylation is 1. The number of methoxy groups -OCH3 is 1. The summed E-state index contributed by atoms with van der Waals surface area (Å²) in [6.45, 7) is 2.58. The number of H-pyrrole nitrogens is 1. The molecule has 5 heteroatoms. The van der Waals surface area contributed by atoms with Crippen LogP contribution in [0.25, 0.3) is 11.3 Å². The van der Waals surface area contributed by atoms with E-state index in [0.717, 1.165) is 33.7 Å². The first-order valence-corrected chi connectivity index (χ1v) is 10.3. The van der Waals surface area contributed by atoms with Crippen molar-refractivity contribution in [3.05, 3.63) is 107 Å². The average Bonchev–Trinajstić information content (AvgIpc) is 3.35. The minimum Gasteiger partial charge on any atom is -0.497 e. The van der Waals surface area contributed by atoms with Crippen molar-refractivity contribution in [3.8, 4) is 17.0 Å². The van der Waals surface area contributed by atoms with Crippen molar-refractivity contribution in [1.29, 1.82) is 0 Å². The van der Waals surface area contributed by atoms with Crippen molar-refractivity contribution in [3.63, 3.8) is 0 Å². The van der Waals surface area contributed by atoms with Crippen LogP contribution in [0.5, 0.6) is 5.75 Å². The lowest BCUT2D eigenvalue weighted by Crippen LogP contribution is -2.29. The zero-order chi connectivity index (χ0) is 21.4. The highest BCUT2D eigenvalue weighted by Crippen LogP contribution is 2.43. The van der Waals surface area contributed by atoms with Gasteiger partial charge in [0, 0.05) is 17.7 Å². The molecular weight excluding hydrogens is 386 g/mol. The van der Waals surface area contributed by atoms with E-state index >= 15 is 0 Å². The molecule has 0 fully saturated rings. The lowest BCUT2D eigenvalue weighted by Gasteiger charge is -2.26. The normalized spacial score (nSPS) is 15.2. The molecule has 1 atom stereocenters. The molecule has 1 aromatic heterocycles. The third-order valence-electron chi connectivity index (χ3n) is 5.82. The second-order valence-electron chi connectivity index (χ2n) is 7.82. The first-order chi connectivity index (χ1) is 15.2. The van der Waals surface area contributed by atoms with Gasteiger partial charge in [-0.05, 0) is 30.2 Å². The van der Waals surface area contributed by atoms with Gasteiger partial charge in [-0.2, -0.15) is 5.10 Å². The maximum absolute atomic E-state index is 13.4. The predicted octanol–water partition coefficient (Wildman–Crippen LogP) is 5.14. The number of nitrogens with one attached hydrogen (secondary N) is 1. The topological polar surface area (TPSA) is 58.2 Å². The summed E-state index contributed by atoms with van der Waals surface area (Å²) in [5, 5.41) is 7.54. The van der Waals surface area contributed by atoms with Crippen LogP contribution in [0.2, 0.25) is 0 Å². The Bertz CT molecular complexity index is 1210. The number of nitrogens with zero attached hydrogens (tertiary/aromatic N) is 2. The number of carbonyl (C=O) groups is 1. The summed E-state index contributed by atoms with van der Waals surface area (Å²) < 4.78 is 5.34. The third-order valence-corrected chi connectivity index (χ3v) is 5.82. The first-order valence-electron chi connectivity index (χ1n) is 10.3. The van der Waals surface area contributed by atoms with Gasteiger partial charge in [0.25, 0.3) is 5.91 Å². The van der Waals surface area contributed by atoms with E-state index in [4.69, 9.17) is 4.74 Å². The summed E-state index contributed by atoms with van der Waals surface area (Å²) >= 11 is 0. The van der Waals surface area contributed by atoms with Gasteiger partial charge in [0.05, 0.1) is 18.8 Å². The number of hydrogen-bond acceptors (Lipinski definition) is 3. The van der Waals surface area contributed by atoms with Crippen molar-refractivity contribution >= 4 is 5.91 Å². The second kappa shape index (κ2) is 7.76. The van der Waals surface area contributed by atoms with Gasteiger partial charge in [0.2, 0.25) is 0 Å². The number of ether oxygens (including phenoxy) is 1. The van der Waals surface area contributed by atoms with Crippen molar-refractivity contribution < 1.29 is 9.53 Å². The van der Waals surface area contributed by atoms with Crippen LogP contribution in [0.15, 0.2) is 78.9 Å². The Hall–Kier alpha value is -3.86. The molecule has 1 unspecified atom stereocenters. The predicted molar refractivity (Wildman–Crippen MR) is 120 cm³/mol. The fourth-order valence-electron chi connectivity index (χ4n) is 4.20. The quantitative estimate of drug-likeness (QED) is 0.497. The SMILES string of the molecule is COc1ccc(C2c3c(-c4ccccc4)n[nH]c3C(=O)N2Cc2ccc(C)cc2)cc1. The molecule has 154 valence electrons. The van der Waals surface area contributed by atoms with Gasteiger partial charge >= 0.3 is 0 Å². The van der Waals surface area contributed by atoms with Gasteiger partial charge in [-0.15, -0.1) is 0 Å². The number of amides is 1. The number of aromatic amines is 1. The molecule has 5 nitrogen and oxygen atoms in total. The van der Waals surface area contributed by atoms with Crippen LogP contribution in [0, 0.1) is 6.92 Å². The lowest BCUT2D eigenvalue weighted by molar-refractivity contribution is 0.0730. The highest BCUT2D eigenvalue weighted by molar-refractivity contribution is 6.00. The molecule has 0 bridgehead atoms. The Labute approximate surface area is 181 Å². The van der Waals surface area contributed by atoms with Crippen molar-refractivity contribution in [2.45, 2.75) is 19.5 Å². The minimum absolute atomic E-state index is 0.0360. The van der Waals surface area contributed by atoms with E-state index < -0.39 is 0 Å². The largest absolute Gasteiger partial charge is 0.497 e. The molecule has 1 aliphatic heterocycles. The van der Waals surface area contributed by atoms with Crippen LogP contribution in [-0.4, -0.2) is 28.1 Å². The summed E-state index contributed by atoms with van der Waals surface area (Å²) in [5.41, 5.74) is 6.61. The van der Waals surface area contributed by atoms with Crippen molar-refractivity contribution in [2.24, 2.45) is 0 Å². The average molecular weight is 409 g/mol. The van der Waals surface area contributed by atoms with Gasteiger partial charge in [0.1, 0.15) is 11.4 Å². The van der Waals surface area contributed by atoms with Crippen molar-refractivity contribution in [2.75, 3.05) is 7.11 Å². The van der Waals surface area contributed by atoms with E-state index in [1.54, 1.807) is 7.11 Å². The molecule has 0 spiro atoms. The molecule has 4 aromatic rings. The molecule has 1 aliphatic rings. The zero-order valence-electron chi connectivity index (χ0n) is 17.5. The third kappa shape index (κ3) is 3.38. The van der Waals surface area contributed by atoms with Gasteiger partial charge < -0.3 is 9.64 Å². The molecule has 0 radical (unpaired) electrons. The van der Waals surface area contributed by atoms with Gasteiger partial charge in [-0.3, -0.25) is 9.89 Å². The highest BCUT2D eigenvalue weighted by Gasteiger charge is 2.42. The molecule has 2 heterocycles. The van der Waals surface area contributed by atoms with Crippen LogP contribution in [0.1, 0.15) is 38.8 Å². The van der Waals surface area contributed by atoms with E-state index in [2.05, 4.69) is 41.4 Å². The summed E-state index contributed by atoms with van der Waals surface area (Å²) in [4.78, 5) is 15.4. The van der Waals surface area contributed by atoms with E-state index in [0.29, 0.717) is 12.2 Å². The van der Waals surface area contributed by atoms with Crippen LogP contribution in [-0.2, 0) is 6.54 Å². The molecular formula is C26H23N3O2. The van der Waals surface area contributed by atoms with Crippen LogP contribution in [0.3, 0.4) is 0 Å². The first kappa shape index (κ1) is 19.1. The molecule has 0 saturated carbocycles. The van der Waals surface area contributed by atoms with E-state index in [1.165, 1.54) is 5.56 Å². The maximum Gasteiger partial charge on any atom is 0.273 e. The Morgan fingerprint density at radius 2 is 1.68 bits per heavy atom. The van der Waals surface area contributed by atoms with Crippen LogP contribution >= 0.6 is 0 Å². The molecule has 5 rings (SSSR count). The van der Waals surface area contributed by atoms with E-state index in [1.807, 2.05) is 59.5 Å². The second-order valence-corrected chi connectivity index (χ2v) is 7.82. The molecule has 0 aliphatic carbocycles. The van der Waals surface area contributed by atoms with Crippen LogP contribution in [0.4, 0.5) is 0 Å². The monoisotopic (exact) mass is 409 g/mol. The van der Waals surface area contributed by atoms with Crippen LogP contribution < -0.4 is 4.74 Å². The number of hydrogen-bond donors (Lipinski definition) is 1. The molecule has 1 N–H and O–H groups in total. The zero-order valence-corrected chi connectivity index (χ0v) is 17.5. The number of carbonyl (C=O) groups excluding carboxylic acids is 1. The van der Waals surface area contributed by atoms with Gasteiger partial charge in [-0.1, -0.05) is 72.3 Å². The fourth-order valence-corrected chi connectivity index (χ4v) is 4.20. The van der Waals surface area contributed by atoms with Gasteiger partial charge in [-0.25, -0.2) is 0 Å². The Kier molecular flexibility index (Phi) is 4.79. The minimum atomic E-state index is -0.233. The smallest absolute Gasteiger partial charge is 0.273 e. The Morgan fingerprint density at radius 3 is 2.35 bits per heavy atom. The van der Waals surface area contributed by atoms with E-state index in [9.17, 15) is 4.79 Å². The van der Waals surface area contributed by atoms with Gasteiger partial charge in [0.15, 0.2) is 0 Å². The fraction of sp³-hybridized carbons (Fsp3) is 0.154. The molecule has 31 heavy (non-hydrogen) atoms. The molecule has 0 saturated heterocycles. The number of aromatic nitrogens is 2. The highest BCUT2D eigenvalue weighted by atomic mass is 16.5. The molecule has 1 amide bonds. The summed E-state index contributed by atoms with van der Waals surface area (Å²) in [6.07, 6.45) is 0. The number of fused-ring (bicyclic) bond motifs is 1. The maximum atomic E-state index is 13.4. The number of rotatable bonds is 5. The standard InChI is InChI=1S/C26H23N3O2/c1-17-8-10-18(11-9-17)16-29-25(20-12-14-21(31-2)15-13-20)22-23(19-6-4-3-5-7-19)27-28-24(22)26(29)30/h3-15,25H,16H2,1-2H3,(H,27,28). The Balaban J connectivity index is 1.62. The summed E-state index contributed by atoms with van der Waals surface area (Å²) in [7, 11) is 1.65. The number of benzene rings is 3. The van der Waals surface area contributed by atoms with E-state index in [-0.39, 0.29) is 11.9 Å². The molecule has 3 aromatic carbocycles. The lowest BCUT2D eigenvalue weighted by atomic mass is 9.96. The van der Waals surface area contributed by atoms with Crippen molar-refractivity contribution in [1.82, 2.24) is 15.1 Å². The Morgan fingerprint density at radius 1 is 0.968 bits per heavy atom.